The molecule has 0 saturated carbocycles. The van der Waals surface area contributed by atoms with Gasteiger partial charge in [-0.25, -0.2) is 9.97 Å². The number of carbonyl (C=O) groups is 1. The van der Waals surface area contributed by atoms with E-state index < -0.39 is 5.97 Å². The molecule has 8 nitrogen and oxygen atoms in total. The number of fused-ring (bicyclic) bond motifs is 1. The number of pyridine rings is 2. The van der Waals surface area contributed by atoms with Gasteiger partial charge in [-0.15, -0.1) is 0 Å². The molecule has 1 saturated heterocycles. The second kappa shape index (κ2) is 9.13. The molecule has 0 bridgehead atoms. The van der Waals surface area contributed by atoms with Gasteiger partial charge in [-0.3, -0.25) is 4.79 Å². The minimum Gasteiger partial charge on any atom is -0.481 e. The van der Waals surface area contributed by atoms with Gasteiger partial charge in [0.05, 0.1) is 12.6 Å². The van der Waals surface area contributed by atoms with Crippen molar-refractivity contribution in [2.24, 2.45) is 5.92 Å². The molecule has 0 amide bonds. The molecule has 0 unspecified atom stereocenters. The van der Waals surface area contributed by atoms with Crippen molar-refractivity contribution >= 4 is 23.0 Å². The molecule has 5 rings (SSSR count). The number of imidazole rings is 1. The van der Waals surface area contributed by atoms with E-state index in [4.69, 9.17) is 14.8 Å². The van der Waals surface area contributed by atoms with Crippen LogP contribution in [0, 0.1) is 12.8 Å². The molecule has 8 heteroatoms. The number of aliphatic carboxylic acids is 1. The lowest BCUT2D eigenvalue weighted by molar-refractivity contribution is -0.138. The van der Waals surface area contributed by atoms with E-state index in [1.807, 2.05) is 18.3 Å². The second-order valence-corrected chi connectivity index (χ2v) is 8.77. The highest BCUT2D eigenvalue weighted by atomic mass is 16.5. The standard InChI is InChI=1S/C26H27N5O3/c1-16-13-18(3-5-20(16)25-28-21-6-8-23(34-2)29-26(21)30-25)19-4-7-22(27-15-19)31-11-9-17(10-12-31)14-24(32)33/h3-8,13,15,17H,9-12,14H2,1-2H3,(H,32,33)(H,28,29,30). The smallest absolute Gasteiger partial charge is 0.303 e. The predicted molar refractivity (Wildman–Crippen MR) is 131 cm³/mol. The van der Waals surface area contributed by atoms with Crippen LogP contribution in [0.1, 0.15) is 24.8 Å². The Morgan fingerprint density at radius 2 is 1.91 bits per heavy atom. The summed E-state index contributed by atoms with van der Waals surface area (Å²) in [6, 6.07) is 14.2. The fraction of sp³-hybridized carbons (Fsp3) is 0.308. The largest absolute Gasteiger partial charge is 0.481 e. The number of ether oxygens (including phenoxy) is 1. The molecule has 0 aliphatic carbocycles. The fourth-order valence-electron chi connectivity index (χ4n) is 4.58. The van der Waals surface area contributed by atoms with Crippen LogP contribution in [0.5, 0.6) is 5.88 Å². The highest BCUT2D eigenvalue weighted by Crippen LogP contribution is 2.30. The summed E-state index contributed by atoms with van der Waals surface area (Å²) in [5.74, 6) is 1.81. The van der Waals surface area contributed by atoms with Gasteiger partial charge < -0.3 is 19.7 Å². The van der Waals surface area contributed by atoms with Gasteiger partial charge in [-0.2, -0.15) is 4.98 Å². The molecule has 174 valence electrons. The Morgan fingerprint density at radius 3 is 2.59 bits per heavy atom. The van der Waals surface area contributed by atoms with Crippen LogP contribution in [0.4, 0.5) is 5.82 Å². The van der Waals surface area contributed by atoms with E-state index in [0.29, 0.717) is 11.5 Å². The third-order valence-electron chi connectivity index (χ3n) is 6.49. The summed E-state index contributed by atoms with van der Waals surface area (Å²) in [5.41, 5.74) is 5.77. The van der Waals surface area contributed by atoms with Gasteiger partial charge in [-0.1, -0.05) is 18.2 Å². The van der Waals surface area contributed by atoms with Crippen LogP contribution in [-0.2, 0) is 4.79 Å². The third kappa shape index (κ3) is 4.44. The number of methoxy groups -OCH3 is 1. The van der Waals surface area contributed by atoms with E-state index in [9.17, 15) is 4.79 Å². The van der Waals surface area contributed by atoms with Crippen molar-refractivity contribution in [1.29, 1.82) is 0 Å². The van der Waals surface area contributed by atoms with Gasteiger partial charge in [0.15, 0.2) is 5.65 Å². The van der Waals surface area contributed by atoms with Crippen molar-refractivity contribution in [2.75, 3.05) is 25.1 Å². The SMILES string of the molecule is COc1ccc2[nH]c(-c3ccc(-c4ccc(N5CCC(CC(=O)O)CC5)nc4)cc3C)nc2n1. The zero-order valence-corrected chi connectivity index (χ0v) is 19.3. The third-order valence-corrected chi connectivity index (χ3v) is 6.49. The van der Waals surface area contributed by atoms with Crippen molar-refractivity contribution in [3.8, 4) is 28.4 Å². The first-order chi connectivity index (χ1) is 16.5. The molecule has 1 fully saturated rings. The van der Waals surface area contributed by atoms with E-state index in [2.05, 4.69) is 57.1 Å². The Morgan fingerprint density at radius 1 is 1.12 bits per heavy atom. The van der Waals surface area contributed by atoms with Crippen LogP contribution in [-0.4, -0.2) is 51.2 Å². The predicted octanol–water partition coefficient (Wildman–Crippen LogP) is 4.70. The molecule has 1 aromatic carbocycles. The summed E-state index contributed by atoms with van der Waals surface area (Å²) >= 11 is 0. The van der Waals surface area contributed by atoms with Gasteiger partial charge in [0.25, 0.3) is 0 Å². The van der Waals surface area contributed by atoms with Crippen LogP contribution >= 0.6 is 0 Å². The lowest BCUT2D eigenvalue weighted by Gasteiger charge is -2.32. The molecule has 0 radical (unpaired) electrons. The number of benzene rings is 1. The normalized spacial score (nSPS) is 14.5. The van der Waals surface area contributed by atoms with E-state index >= 15 is 0 Å². The maximum atomic E-state index is 10.9. The van der Waals surface area contributed by atoms with Crippen molar-refractivity contribution in [2.45, 2.75) is 26.2 Å². The number of rotatable bonds is 6. The molecular weight excluding hydrogens is 430 g/mol. The van der Waals surface area contributed by atoms with Gasteiger partial charge >= 0.3 is 5.97 Å². The Bertz CT molecular complexity index is 1320. The monoisotopic (exact) mass is 457 g/mol. The number of H-pyrrole nitrogens is 1. The summed E-state index contributed by atoms with van der Waals surface area (Å²) in [6.45, 7) is 3.76. The Labute approximate surface area is 197 Å². The Hall–Kier alpha value is -3.94. The molecule has 1 aliphatic rings. The molecule has 4 aromatic rings. The van der Waals surface area contributed by atoms with Gasteiger partial charge in [0.1, 0.15) is 11.6 Å². The van der Waals surface area contributed by atoms with E-state index in [0.717, 1.165) is 65.3 Å². The van der Waals surface area contributed by atoms with Crippen molar-refractivity contribution in [1.82, 2.24) is 19.9 Å². The number of aromatic nitrogens is 4. The number of anilines is 1. The van der Waals surface area contributed by atoms with E-state index in [-0.39, 0.29) is 12.3 Å². The first-order valence-corrected chi connectivity index (χ1v) is 11.4. The van der Waals surface area contributed by atoms with E-state index in [1.54, 1.807) is 7.11 Å². The molecule has 4 heterocycles. The summed E-state index contributed by atoms with van der Waals surface area (Å²) in [5, 5.41) is 9.00. The maximum absolute atomic E-state index is 10.9. The van der Waals surface area contributed by atoms with Gasteiger partial charge in [0.2, 0.25) is 5.88 Å². The Balaban J connectivity index is 1.31. The van der Waals surface area contributed by atoms with Gasteiger partial charge in [0, 0.05) is 42.9 Å². The number of aromatic amines is 1. The number of carboxylic acids is 1. The van der Waals surface area contributed by atoms with Crippen LogP contribution in [0.3, 0.4) is 0 Å². The first-order valence-electron chi connectivity index (χ1n) is 11.4. The molecule has 34 heavy (non-hydrogen) atoms. The van der Waals surface area contributed by atoms with Crippen molar-refractivity contribution in [3.63, 3.8) is 0 Å². The van der Waals surface area contributed by atoms with E-state index in [1.165, 1.54) is 0 Å². The first kappa shape index (κ1) is 21.9. The number of carboxylic acid groups (broad SMARTS) is 1. The topological polar surface area (TPSA) is 104 Å². The Kier molecular flexibility index (Phi) is 5.88. The van der Waals surface area contributed by atoms with Crippen molar-refractivity contribution < 1.29 is 14.6 Å². The minimum atomic E-state index is -0.709. The average molecular weight is 458 g/mol. The second-order valence-electron chi connectivity index (χ2n) is 8.77. The number of hydrogen-bond donors (Lipinski definition) is 2. The molecule has 1 aliphatic heterocycles. The minimum absolute atomic E-state index is 0.258. The van der Waals surface area contributed by atoms with Gasteiger partial charge in [-0.05, 0) is 55.0 Å². The molecule has 2 N–H and O–H groups in total. The molecule has 0 atom stereocenters. The fourth-order valence-corrected chi connectivity index (χ4v) is 4.58. The summed E-state index contributed by atoms with van der Waals surface area (Å²) < 4.78 is 5.20. The molecular formula is C26H27N5O3. The zero-order valence-electron chi connectivity index (χ0n) is 19.3. The summed E-state index contributed by atoms with van der Waals surface area (Å²) in [7, 11) is 1.59. The highest BCUT2D eigenvalue weighted by molar-refractivity contribution is 5.78. The number of piperidine rings is 1. The highest BCUT2D eigenvalue weighted by Gasteiger charge is 2.22. The average Bonchev–Trinajstić information content (AvgIpc) is 3.27. The molecule has 3 aromatic heterocycles. The zero-order chi connectivity index (χ0) is 23.7. The molecule has 0 spiro atoms. The van der Waals surface area contributed by atoms with Crippen molar-refractivity contribution in [3.05, 3.63) is 54.2 Å². The summed E-state index contributed by atoms with van der Waals surface area (Å²) in [6.07, 6.45) is 3.94. The van der Waals surface area contributed by atoms with Crippen LogP contribution in [0.15, 0.2) is 48.7 Å². The van der Waals surface area contributed by atoms with Crippen LogP contribution in [0.2, 0.25) is 0 Å². The number of hydrogen-bond acceptors (Lipinski definition) is 6. The van der Waals surface area contributed by atoms with Crippen LogP contribution in [0.25, 0.3) is 33.7 Å². The number of aryl methyl sites for hydroxylation is 1. The number of nitrogens with zero attached hydrogens (tertiary/aromatic N) is 4. The lowest BCUT2D eigenvalue weighted by atomic mass is 9.93. The lowest BCUT2D eigenvalue weighted by Crippen LogP contribution is -2.34. The summed E-state index contributed by atoms with van der Waals surface area (Å²) in [4.78, 5) is 30.2. The van der Waals surface area contributed by atoms with Crippen LogP contribution < -0.4 is 9.64 Å². The quantitative estimate of drug-likeness (QED) is 0.433. The maximum Gasteiger partial charge on any atom is 0.303 e. The number of nitrogens with one attached hydrogen (secondary N) is 1.